The first-order valence-corrected chi connectivity index (χ1v) is 7.82. The van der Waals surface area contributed by atoms with Crippen molar-refractivity contribution in [3.8, 4) is 0 Å². The molecule has 118 valence electrons. The van der Waals surface area contributed by atoms with Crippen molar-refractivity contribution in [2.45, 2.75) is 6.10 Å². The average Bonchev–Trinajstić information content (AvgIpc) is 2.55. The molecule has 0 radical (unpaired) electrons. The van der Waals surface area contributed by atoms with Gasteiger partial charge in [0, 0.05) is 20.2 Å². The number of carboxylic acids is 1. The Bertz CT molecular complexity index is 931. The van der Waals surface area contributed by atoms with E-state index < -0.39 is 25.3 Å². The third kappa shape index (κ3) is 2.96. The molecule has 3 aromatic rings. The highest BCUT2D eigenvalue weighted by Gasteiger charge is 2.18. The Morgan fingerprint density at radius 3 is 2.61 bits per heavy atom. The Morgan fingerprint density at radius 2 is 1.87 bits per heavy atom. The predicted molar refractivity (Wildman–Crippen MR) is 89.0 cm³/mol. The van der Waals surface area contributed by atoms with Crippen LogP contribution in [0.15, 0.2) is 47.3 Å². The zero-order valence-corrected chi connectivity index (χ0v) is 12.9. The lowest BCUT2D eigenvalue weighted by Gasteiger charge is -2.16. The number of aliphatic carboxylic acids is 1. The molecule has 0 spiro atoms. The molecule has 1 aromatic heterocycles. The molecule has 0 saturated heterocycles. The van der Waals surface area contributed by atoms with E-state index in [2.05, 4.69) is 0 Å². The number of rotatable bonds is 5. The lowest BCUT2D eigenvalue weighted by atomic mass is 10.0. The number of carboxylic acid groups (broad SMARTS) is 1. The van der Waals surface area contributed by atoms with Gasteiger partial charge in [0.25, 0.3) is 0 Å². The molecule has 6 heteroatoms. The molecular weight excluding hydrogens is 316 g/mol. The van der Waals surface area contributed by atoms with Gasteiger partial charge >= 0.3 is 5.97 Å². The second-order valence-corrected chi connectivity index (χ2v) is 6.11. The molecule has 0 saturated carbocycles. The maximum absolute atomic E-state index is 12.8. The third-order valence-electron chi connectivity index (χ3n) is 3.56. The van der Waals surface area contributed by atoms with Crippen molar-refractivity contribution < 1.29 is 19.7 Å². The van der Waals surface area contributed by atoms with Gasteiger partial charge in [-0.3, -0.25) is 4.79 Å². The van der Waals surface area contributed by atoms with E-state index in [1.54, 1.807) is 24.3 Å². The van der Waals surface area contributed by atoms with Gasteiger partial charge in [-0.1, -0.05) is 24.3 Å². The first-order valence-electron chi connectivity index (χ1n) is 7.00. The van der Waals surface area contributed by atoms with Crippen LogP contribution in [0.4, 0.5) is 0 Å². The van der Waals surface area contributed by atoms with Gasteiger partial charge in [-0.2, -0.15) is 0 Å². The van der Waals surface area contributed by atoms with Crippen LogP contribution < -0.4 is 5.43 Å². The molecule has 1 heterocycles. The first-order chi connectivity index (χ1) is 11.1. The van der Waals surface area contributed by atoms with E-state index in [0.29, 0.717) is 16.3 Å². The van der Waals surface area contributed by atoms with Gasteiger partial charge in [-0.05, 0) is 23.8 Å². The molecule has 2 N–H and O–H groups in total. The van der Waals surface area contributed by atoms with E-state index in [0.717, 1.165) is 9.40 Å². The number of carbonyl (C=O) groups is 1. The quantitative estimate of drug-likeness (QED) is 0.702. The van der Waals surface area contributed by atoms with Crippen LogP contribution in [0.1, 0.15) is 11.7 Å². The summed E-state index contributed by atoms with van der Waals surface area (Å²) >= 11 is 1.48. The lowest BCUT2D eigenvalue weighted by molar-refractivity contribution is -0.145. The number of aliphatic hydroxyl groups is 1. The highest BCUT2D eigenvalue weighted by atomic mass is 32.1. The molecular formula is C17H14O5S. The Morgan fingerprint density at radius 1 is 1.13 bits per heavy atom. The van der Waals surface area contributed by atoms with E-state index in [4.69, 9.17) is 9.84 Å². The minimum atomic E-state index is -1.13. The standard InChI is InChI=1S/C17H14O5S/c18-8-12(22-9-15(19)20)10-5-3-7-14-16(10)17(21)11-4-1-2-6-13(11)23-14/h1-7,12,18H,8-9H2,(H,19,20). The third-order valence-corrected chi connectivity index (χ3v) is 4.69. The molecule has 0 aliphatic carbocycles. The molecule has 5 nitrogen and oxygen atoms in total. The smallest absolute Gasteiger partial charge is 0.329 e. The zero-order chi connectivity index (χ0) is 16.4. The van der Waals surface area contributed by atoms with E-state index in [-0.39, 0.29) is 5.43 Å². The summed E-state index contributed by atoms with van der Waals surface area (Å²) in [5.74, 6) is -1.13. The van der Waals surface area contributed by atoms with Gasteiger partial charge in [-0.25, -0.2) is 4.79 Å². The molecule has 0 aliphatic heterocycles. The summed E-state index contributed by atoms with van der Waals surface area (Å²) in [6.45, 7) is -0.934. The lowest BCUT2D eigenvalue weighted by Crippen LogP contribution is -2.17. The number of fused-ring (bicyclic) bond motifs is 2. The van der Waals surface area contributed by atoms with Crippen LogP contribution in [-0.2, 0) is 9.53 Å². The van der Waals surface area contributed by atoms with Gasteiger partial charge in [-0.15, -0.1) is 11.3 Å². The van der Waals surface area contributed by atoms with E-state index in [1.807, 2.05) is 18.2 Å². The molecule has 23 heavy (non-hydrogen) atoms. The Hall–Kier alpha value is -2.28. The molecule has 0 amide bonds. The number of hydrogen-bond acceptors (Lipinski definition) is 5. The molecule has 0 bridgehead atoms. The average molecular weight is 330 g/mol. The zero-order valence-electron chi connectivity index (χ0n) is 12.1. The number of ether oxygens (including phenoxy) is 1. The molecule has 1 atom stereocenters. The summed E-state index contributed by atoms with van der Waals surface area (Å²) in [5.41, 5.74) is 0.376. The van der Waals surface area contributed by atoms with Crippen LogP contribution in [0.2, 0.25) is 0 Å². The fraction of sp³-hybridized carbons (Fsp3) is 0.176. The second kappa shape index (κ2) is 6.45. The van der Waals surface area contributed by atoms with E-state index in [9.17, 15) is 14.7 Å². The van der Waals surface area contributed by atoms with Crippen LogP contribution >= 0.6 is 11.3 Å². The minimum absolute atomic E-state index is 0.137. The maximum Gasteiger partial charge on any atom is 0.329 e. The van der Waals surface area contributed by atoms with Crippen LogP contribution in [0.3, 0.4) is 0 Å². The summed E-state index contributed by atoms with van der Waals surface area (Å²) in [6.07, 6.45) is -0.851. The summed E-state index contributed by atoms with van der Waals surface area (Å²) < 4.78 is 6.89. The second-order valence-electron chi connectivity index (χ2n) is 5.02. The van der Waals surface area contributed by atoms with E-state index in [1.165, 1.54) is 11.3 Å². The Balaban J connectivity index is 2.22. The van der Waals surface area contributed by atoms with Gasteiger partial charge in [0.1, 0.15) is 12.7 Å². The minimum Gasteiger partial charge on any atom is -0.480 e. The predicted octanol–water partition coefficient (Wildman–Crippen LogP) is 2.55. The SMILES string of the molecule is O=C(O)COC(CO)c1cccc2sc3ccccc3c(=O)c12. The van der Waals surface area contributed by atoms with Gasteiger partial charge in [0.15, 0.2) is 5.43 Å². The van der Waals surface area contributed by atoms with Crippen molar-refractivity contribution >= 4 is 37.5 Å². The monoisotopic (exact) mass is 330 g/mol. The Kier molecular flexibility index (Phi) is 4.38. The topological polar surface area (TPSA) is 83.8 Å². The van der Waals surface area contributed by atoms with Crippen molar-refractivity contribution in [1.82, 2.24) is 0 Å². The highest BCUT2D eigenvalue weighted by molar-refractivity contribution is 7.24. The van der Waals surface area contributed by atoms with Gasteiger partial charge in [0.05, 0.1) is 6.61 Å². The highest BCUT2D eigenvalue weighted by Crippen LogP contribution is 2.30. The van der Waals surface area contributed by atoms with Gasteiger partial charge < -0.3 is 14.9 Å². The van der Waals surface area contributed by atoms with Crippen molar-refractivity contribution in [3.05, 3.63) is 58.3 Å². The van der Waals surface area contributed by atoms with Gasteiger partial charge in [0.2, 0.25) is 0 Å². The number of aliphatic hydroxyl groups excluding tert-OH is 1. The van der Waals surface area contributed by atoms with Crippen molar-refractivity contribution in [2.75, 3.05) is 13.2 Å². The fourth-order valence-electron chi connectivity index (χ4n) is 2.55. The summed E-state index contributed by atoms with van der Waals surface area (Å²) in [4.78, 5) is 23.5. The largest absolute Gasteiger partial charge is 0.480 e. The number of hydrogen-bond donors (Lipinski definition) is 2. The first kappa shape index (κ1) is 15.6. The van der Waals surface area contributed by atoms with Crippen LogP contribution in [0.5, 0.6) is 0 Å². The molecule has 1 unspecified atom stereocenters. The molecule has 0 aliphatic rings. The molecule has 0 fully saturated rings. The van der Waals surface area contributed by atoms with Crippen molar-refractivity contribution in [2.24, 2.45) is 0 Å². The summed E-state index contributed by atoms with van der Waals surface area (Å²) in [7, 11) is 0. The number of benzene rings is 2. The van der Waals surface area contributed by atoms with Crippen LogP contribution in [0, 0.1) is 0 Å². The maximum atomic E-state index is 12.8. The normalized spacial score (nSPS) is 12.6. The van der Waals surface area contributed by atoms with Crippen LogP contribution in [0.25, 0.3) is 20.2 Å². The van der Waals surface area contributed by atoms with Crippen LogP contribution in [-0.4, -0.2) is 29.4 Å². The molecule has 3 rings (SSSR count). The van der Waals surface area contributed by atoms with Crippen molar-refractivity contribution in [1.29, 1.82) is 0 Å². The van der Waals surface area contributed by atoms with Crippen molar-refractivity contribution in [3.63, 3.8) is 0 Å². The summed E-state index contributed by atoms with van der Waals surface area (Å²) in [6, 6.07) is 12.6. The van der Waals surface area contributed by atoms with E-state index >= 15 is 0 Å². The fourth-order valence-corrected chi connectivity index (χ4v) is 3.67. The molecule has 2 aromatic carbocycles. The Labute approximate surface area is 135 Å². The summed E-state index contributed by atoms with van der Waals surface area (Å²) in [5, 5.41) is 19.4.